The standard InChI is InChI=1S/C21H14ClFN2O/c22-19-13-17(23)10-8-15(19)9-11-20-24-25-21(26-20)12-16-6-3-5-14-4-1-2-7-18(14)16/h1-11,13H,12H2/b11-9+. The summed E-state index contributed by atoms with van der Waals surface area (Å²) in [6.45, 7) is 0. The zero-order chi connectivity index (χ0) is 17.9. The van der Waals surface area contributed by atoms with E-state index >= 15 is 0 Å². The maximum absolute atomic E-state index is 13.1. The highest BCUT2D eigenvalue weighted by Crippen LogP contribution is 2.22. The summed E-state index contributed by atoms with van der Waals surface area (Å²) >= 11 is 6.01. The predicted octanol–water partition coefficient (Wildman–Crippen LogP) is 5.78. The van der Waals surface area contributed by atoms with E-state index in [1.165, 1.54) is 22.9 Å². The van der Waals surface area contributed by atoms with Gasteiger partial charge in [-0.05, 0) is 40.1 Å². The van der Waals surface area contributed by atoms with Gasteiger partial charge in [-0.3, -0.25) is 0 Å². The lowest BCUT2D eigenvalue weighted by atomic mass is 10.0. The summed E-state index contributed by atoms with van der Waals surface area (Å²) in [6, 6.07) is 18.6. The minimum absolute atomic E-state index is 0.330. The Morgan fingerprint density at radius 1 is 0.962 bits per heavy atom. The van der Waals surface area contributed by atoms with Crippen LogP contribution in [0.3, 0.4) is 0 Å². The van der Waals surface area contributed by atoms with Crippen LogP contribution in [0.4, 0.5) is 4.39 Å². The normalized spacial score (nSPS) is 11.5. The first kappa shape index (κ1) is 16.5. The Morgan fingerprint density at radius 2 is 1.81 bits per heavy atom. The SMILES string of the molecule is Fc1ccc(/C=C/c2nnc(Cc3cccc4ccccc34)o2)c(Cl)c1. The van der Waals surface area contributed by atoms with Crippen molar-refractivity contribution in [3.8, 4) is 0 Å². The molecular weight excluding hydrogens is 351 g/mol. The smallest absolute Gasteiger partial charge is 0.240 e. The maximum Gasteiger partial charge on any atom is 0.240 e. The molecule has 0 atom stereocenters. The third-order valence-electron chi connectivity index (χ3n) is 4.07. The number of benzene rings is 3. The highest BCUT2D eigenvalue weighted by atomic mass is 35.5. The minimum atomic E-state index is -0.373. The molecule has 128 valence electrons. The molecule has 4 aromatic rings. The van der Waals surface area contributed by atoms with Gasteiger partial charge in [0.15, 0.2) is 0 Å². The predicted molar refractivity (Wildman–Crippen MR) is 101 cm³/mol. The number of nitrogens with zero attached hydrogens (tertiary/aromatic N) is 2. The van der Waals surface area contributed by atoms with Crippen LogP contribution in [0.25, 0.3) is 22.9 Å². The Balaban J connectivity index is 1.55. The number of halogens is 2. The Labute approximate surface area is 154 Å². The monoisotopic (exact) mass is 364 g/mol. The van der Waals surface area contributed by atoms with E-state index in [0.717, 1.165) is 5.56 Å². The molecule has 0 amide bonds. The topological polar surface area (TPSA) is 38.9 Å². The average Bonchev–Trinajstić information content (AvgIpc) is 3.09. The first-order valence-electron chi connectivity index (χ1n) is 8.11. The summed E-state index contributed by atoms with van der Waals surface area (Å²) in [6.07, 6.45) is 3.94. The maximum atomic E-state index is 13.1. The zero-order valence-corrected chi connectivity index (χ0v) is 14.4. The Kier molecular flexibility index (Phi) is 4.50. The van der Waals surface area contributed by atoms with E-state index in [-0.39, 0.29) is 5.82 Å². The quantitative estimate of drug-likeness (QED) is 0.461. The van der Waals surface area contributed by atoms with E-state index in [1.807, 2.05) is 18.2 Å². The van der Waals surface area contributed by atoms with Crippen molar-refractivity contribution in [3.63, 3.8) is 0 Å². The molecule has 3 nitrogen and oxygen atoms in total. The highest BCUT2D eigenvalue weighted by Gasteiger charge is 2.08. The Bertz CT molecular complexity index is 1100. The van der Waals surface area contributed by atoms with Gasteiger partial charge in [0.1, 0.15) is 5.82 Å². The second-order valence-electron chi connectivity index (χ2n) is 5.85. The van der Waals surface area contributed by atoms with Gasteiger partial charge in [0.2, 0.25) is 11.8 Å². The van der Waals surface area contributed by atoms with Gasteiger partial charge >= 0.3 is 0 Å². The lowest BCUT2D eigenvalue weighted by Crippen LogP contribution is -1.90. The number of fused-ring (bicyclic) bond motifs is 1. The number of hydrogen-bond donors (Lipinski definition) is 0. The van der Waals surface area contributed by atoms with E-state index in [0.29, 0.717) is 28.8 Å². The van der Waals surface area contributed by atoms with Gasteiger partial charge in [0.25, 0.3) is 0 Å². The molecule has 0 radical (unpaired) electrons. The van der Waals surface area contributed by atoms with Crippen LogP contribution in [0.5, 0.6) is 0 Å². The van der Waals surface area contributed by atoms with Gasteiger partial charge in [-0.25, -0.2) is 4.39 Å². The lowest BCUT2D eigenvalue weighted by molar-refractivity contribution is 0.497. The van der Waals surface area contributed by atoms with Gasteiger partial charge in [-0.15, -0.1) is 10.2 Å². The van der Waals surface area contributed by atoms with Crippen molar-refractivity contribution in [2.45, 2.75) is 6.42 Å². The third kappa shape index (κ3) is 3.51. The van der Waals surface area contributed by atoms with E-state index in [2.05, 4.69) is 34.5 Å². The fraction of sp³-hybridized carbons (Fsp3) is 0.0476. The summed E-state index contributed by atoms with van der Waals surface area (Å²) < 4.78 is 18.8. The summed E-state index contributed by atoms with van der Waals surface area (Å²) in [5.74, 6) is 0.536. The van der Waals surface area contributed by atoms with Crippen LogP contribution in [0.2, 0.25) is 5.02 Å². The number of aromatic nitrogens is 2. The summed E-state index contributed by atoms with van der Waals surface area (Å²) in [5, 5.41) is 10.8. The molecular formula is C21H14ClFN2O. The molecule has 3 aromatic carbocycles. The molecule has 0 aliphatic rings. The molecule has 4 rings (SSSR count). The van der Waals surface area contributed by atoms with Crippen molar-refractivity contribution in [2.24, 2.45) is 0 Å². The zero-order valence-electron chi connectivity index (χ0n) is 13.7. The second kappa shape index (κ2) is 7.10. The van der Waals surface area contributed by atoms with Crippen LogP contribution in [0, 0.1) is 5.82 Å². The molecule has 0 aliphatic carbocycles. The molecule has 1 heterocycles. The van der Waals surface area contributed by atoms with Crippen molar-refractivity contribution >= 4 is 34.5 Å². The average molecular weight is 365 g/mol. The largest absolute Gasteiger partial charge is 0.421 e. The molecule has 0 saturated carbocycles. The Hall–Kier alpha value is -2.98. The van der Waals surface area contributed by atoms with Crippen molar-refractivity contribution in [1.29, 1.82) is 0 Å². The minimum Gasteiger partial charge on any atom is -0.421 e. The van der Waals surface area contributed by atoms with E-state index < -0.39 is 0 Å². The molecule has 0 unspecified atom stereocenters. The molecule has 26 heavy (non-hydrogen) atoms. The van der Waals surface area contributed by atoms with Gasteiger partial charge in [0, 0.05) is 6.08 Å². The molecule has 1 aromatic heterocycles. The van der Waals surface area contributed by atoms with Crippen molar-refractivity contribution in [2.75, 3.05) is 0 Å². The first-order chi connectivity index (χ1) is 12.7. The second-order valence-corrected chi connectivity index (χ2v) is 6.26. The van der Waals surface area contributed by atoms with E-state index in [9.17, 15) is 4.39 Å². The Morgan fingerprint density at radius 3 is 2.69 bits per heavy atom. The van der Waals surface area contributed by atoms with Crippen molar-refractivity contribution in [3.05, 3.63) is 94.4 Å². The van der Waals surface area contributed by atoms with Gasteiger partial charge in [-0.1, -0.05) is 60.1 Å². The number of rotatable bonds is 4. The van der Waals surface area contributed by atoms with Crippen molar-refractivity contribution < 1.29 is 8.81 Å². The summed E-state index contributed by atoms with van der Waals surface area (Å²) in [7, 11) is 0. The molecule has 0 aliphatic heterocycles. The summed E-state index contributed by atoms with van der Waals surface area (Å²) in [4.78, 5) is 0. The van der Waals surface area contributed by atoms with E-state index in [4.69, 9.17) is 16.0 Å². The third-order valence-corrected chi connectivity index (χ3v) is 4.40. The fourth-order valence-electron chi connectivity index (χ4n) is 2.81. The van der Waals surface area contributed by atoms with Crippen molar-refractivity contribution in [1.82, 2.24) is 10.2 Å². The van der Waals surface area contributed by atoms with Crippen LogP contribution in [-0.4, -0.2) is 10.2 Å². The highest BCUT2D eigenvalue weighted by molar-refractivity contribution is 6.32. The van der Waals surface area contributed by atoms with Crippen LogP contribution in [-0.2, 0) is 6.42 Å². The molecule has 0 N–H and O–H groups in total. The molecule has 0 bridgehead atoms. The van der Waals surface area contributed by atoms with E-state index in [1.54, 1.807) is 18.2 Å². The lowest BCUT2D eigenvalue weighted by Gasteiger charge is -2.03. The van der Waals surface area contributed by atoms with Crippen LogP contribution in [0.1, 0.15) is 22.9 Å². The van der Waals surface area contributed by atoms with Gasteiger partial charge in [-0.2, -0.15) is 0 Å². The molecule has 0 spiro atoms. The fourth-order valence-corrected chi connectivity index (χ4v) is 3.04. The first-order valence-corrected chi connectivity index (χ1v) is 8.49. The van der Waals surface area contributed by atoms with Gasteiger partial charge < -0.3 is 4.42 Å². The molecule has 0 fully saturated rings. The van der Waals surface area contributed by atoms with Gasteiger partial charge in [0.05, 0.1) is 11.4 Å². The van der Waals surface area contributed by atoms with Crippen LogP contribution in [0.15, 0.2) is 65.1 Å². The van der Waals surface area contributed by atoms with Crippen LogP contribution >= 0.6 is 11.6 Å². The number of hydrogen-bond acceptors (Lipinski definition) is 3. The molecule has 5 heteroatoms. The summed E-state index contributed by atoms with van der Waals surface area (Å²) in [5.41, 5.74) is 1.81. The van der Waals surface area contributed by atoms with Crippen LogP contribution < -0.4 is 0 Å². The molecule has 0 saturated heterocycles.